The number of H-pyrrole nitrogens is 1. The van der Waals surface area contributed by atoms with Crippen molar-refractivity contribution in [2.45, 2.75) is 0 Å². The fourth-order valence-electron chi connectivity index (χ4n) is 0.669. The summed E-state index contributed by atoms with van der Waals surface area (Å²) >= 11 is 3.08. The van der Waals surface area contributed by atoms with E-state index in [-0.39, 0.29) is 11.6 Å². The van der Waals surface area contributed by atoms with E-state index in [2.05, 4.69) is 31.2 Å². The molecule has 0 aliphatic carbocycles. The SMILES string of the molecule is CNC(=O)c1[nH]c(=O)ncc1Br. The summed E-state index contributed by atoms with van der Waals surface area (Å²) in [5.74, 6) is -0.360. The molecule has 6 heteroatoms. The highest BCUT2D eigenvalue weighted by atomic mass is 79.9. The lowest BCUT2D eigenvalue weighted by molar-refractivity contribution is 0.0957. The zero-order chi connectivity index (χ0) is 9.14. The average molecular weight is 232 g/mol. The number of nitrogens with zero attached hydrogens (tertiary/aromatic N) is 1. The number of nitrogens with one attached hydrogen (secondary N) is 2. The maximum atomic E-state index is 11.0. The Balaban J connectivity index is 3.22. The Kier molecular flexibility index (Phi) is 2.59. The van der Waals surface area contributed by atoms with Crippen LogP contribution in [0.25, 0.3) is 0 Å². The van der Waals surface area contributed by atoms with E-state index < -0.39 is 5.69 Å². The number of carbonyl (C=O) groups excluding carboxylic acids is 1. The van der Waals surface area contributed by atoms with Gasteiger partial charge in [-0.1, -0.05) is 0 Å². The molecule has 1 amide bonds. The maximum absolute atomic E-state index is 11.0. The van der Waals surface area contributed by atoms with Gasteiger partial charge in [0.15, 0.2) is 0 Å². The van der Waals surface area contributed by atoms with Gasteiger partial charge >= 0.3 is 5.69 Å². The standard InChI is InChI=1S/C6H6BrN3O2/c1-8-5(11)4-3(7)2-9-6(12)10-4/h2H,1H3,(H,8,11)(H,9,10,12). The minimum Gasteiger partial charge on any atom is -0.354 e. The Morgan fingerprint density at radius 1 is 1.75 bits per heavy atom. The second-order valence-electron chi connectivity index (χ2n) is 1.99. The van der Waals surface area contributed by atoms with Gasteiger partial charge in [-0.2, -0.15) is 0 Å². The molecule has 64 valence electrons. The van der Waals surface area contributed by atoms with Crippen molar-refractivity contribution in [2.24, 2.45) is 0 Å². The number of halogens is 1. The van der Waals surface area contributed by atoms with Crippen molar-refractivity contribution in [2.75, 3.05) is 7.05 Å². The third kappa shape index (κ3) is 1.70. The van der Waals surface area contributed by atoms with Crippen LogP contribution >= 0.6 is 15.9 Å². The number of amides is 1. The summed E-state index contributed by atoms with van der Waals surface area (Å²) in [6.07, 6.45) is 1.28. The average Bonchev–Trinajstić information content (AvgIpc) is 2.08. The molecule has 0 saturated carbocycles. The number of hydrogen-bond donors (Lipinski definition) is 2. The Bertz CT molecular complexity index is 360. The molecule has 0 unspecified atom stereocenters. The molecule has 0 spiro atoms. The lowest BCUT2D eigenvalue weighted by Gasteiger charge is -1.99. The van der Waals surface area contributed by atoms with E-state index in [4.69, 9.17) is 0 Å². The molecule has 12 heavy (non-hydrogen) atoms. The number of carbonyl (C=O) groups is 1. The van der Waals surface area contributed by atoms with E-state index in [0.29, 0.717) is 4.47 Å². The van der Waals surface area contributed by atoms with Crippen molar-refractivity contribution in [1.82, 2.24) is 15.3 Å². The Morgan fingerprint density at radius 2 is 2.42 bits per heavy atom. The summed E-state index contributed by atoms with van der Waals surface area (Å²) in [7, 11) is 1.48. The van der Waals surface area contributed by atoms with Crippen LogP contribution in [0.2, 0.25) is 0 Å². The van der Waals surface area contributed by atoms with Crippen molar-refractivity contribution < 1.29 is 4.79 Å². The Morgan fingerprint density at radius 3 is 3.00 bits per heavy atom. The quantitative estimate of drug-likeness (QED) is 0.709. The number of aromatic amines is 1. The van der Waals surface area contributed by atoms with Crippen LogP contribution in [0.15, 0.2) is 15.5 Å². The number of rotatable bonds is 1. The second-order valence-corrected chi connectivity index (χ2v) is 2.84. The monoisotopic (exact) mass is 231 g/mol. The summed E-state index contributed by atoms with van der Waals surface area (Å²) < 4.78 is 0.460. The summed E-state index contributed by atoms with van der Waals surface area (Å²) in [5, 5.41) is 2.38. The van der Waals surface area contributed by atoms with Gasteiger partial charge in [0.1, 0.15) is 5.69 Å². The van der Waals surface area contributed by atoms with Gasteiger partial charge in [-0.15, -0.1) is 0 Å². The molecular weight excluding hydrogens is 226 g/mol. The molecule has 0 bridgehead atoms. The maximum Gasteiger partial charge on any atom is 0.345 e. The lowest BCUT2D eigenvalue weighted by atomic mass is 10.4. The molecule has 1 aromatic heterocycles. The van der Waals surface area contributed by atoms with E-state index in [9.17, 15) is 9.59 Å². The van der Waals surface area contributed by atoms with Crippen LogP contribution < -0.4 is 11.0 Å². The van der Waals surface area contributed by atoms with Crippen molar-refractivity contribution in [3.8, 4) is 0 Å². The third-order valence-electron chi connectivity index (χ3n) is 1.22. The van der Waals surface area contributed by atoms with Gasteiger partial charge < -0.3 is 10.3 Å². The van der Waals surface area contributed by atoms with Gasteiger partial charge in [-0.05, 0) is 15.9 Å². The Labute approximate surface area is 76.3 Å². The normalized spacial score (nSPS) is 9.50. The van der Waals surface area contributed by atoms with Crippen molar-refractivity contribution in [1.29, 1.82) is 0 Å². The highest BCUT2D eigenvalue weighted by Crippen LogP contribution is 2.09. The summed E-state index contributed by atoms with van der Waals surface area (Å²) in [4.78, 5) is 27.5. The van der Waals surface area contributed by atoms with E-state index in [1.807, 2.05) is 0 Å². The first-order chi connectivity index (χ1) is 5.65. The fourth-order valence-corrected chi connectivity index (χ4v) is 1.05. The van der Waals surface area contributed by atoms with Crippen LogP contribution in [-0.2, 0) is 0 Å². The fraction of sp³-hybridized carbons (Fsp3) is 0.167. The largest absolute Gasteiger partial charge is 0.354 e. The van der Waals surface area contributed by atoms with Crippen molar-refractivity contribution in [3.63, 3.8) is 0 Å². The van der Waals surface area contributed by atoms with Gasteiger partial charge in [0.05, 0.1) is 4.47 Å². The van der Waals surface area contributed by atoms with Crippen LogP contribution in [0.3, 0.4) is 0 Å². The van der Waals surface area contributed by atoms with Crippen molar-refractivity contribution in [3.05, 3.63) is 26.8 Å². The first-order valence-corrected chi connectivity index (χ1v) is 3.91. The second kappa shape index (κ2) is 3.48. The minimum absolute atomic E-state index is 0.178. The van der Waals surface area contributed by atoms with Crippen LogP contribution in [0.1, 0.15) is 10.5 Å². The highest BCUT2D eigenvalue weighted by Gasteiger charge is 2.08. The predicted molar refractivity (Wildman–Crippen MR) is 45.9 cm³/mol. The first-order valence-electron chi connectivity index (χ1n) is 3.12. The van der Waals surface area contributed by atoms with Gasteiger partial charge in [0, 0.05) is 13.2 Å². The van der Waals surface area contributed by atoms with E-state index >= 15 is 0 Å². The third-order valence-corrected chi connectivity index (χ3v) is 1.82. The molecule has 0 radical (unpaired) electrons. The number of aromatic nitrogens is 2. The molecule has 0 aliphatic rings. The zero-order valence-corrected chi connectivity index (χ0v) is 7.81. The first kappa shape index (κ1) is 8.92. The molecule has 5 nitrogen and oxygen atoms in total. The Hall–Kier alpha value is -1.17. The van der Waals surface area contributed by atoms with Gasteiger partial charge in [-0.3, -0.25) is 4.79 Å². The van der Waals surface area contributed by atoms with Crippen LogP contribution in [0.4, 0.5) is 0 Å². The predicted octanol–water partition coefficient (Wildman–Crippen LogP) is -0.108. The minimum atomic E-state index is -0.545. The molecule has 0 fully saturated rings. The van der Waals surface area contributed by atoms with Crippen LogP contribution in [0.5, 0.6) is 0 Å². The molecular formula is C6H6BrN3O2. The zero-order valence-electron chi connectivity index (χ0n) is 6.22. The van der Waals surface area contributed by atoms with Crippen molar-refractivity contribution >= 4 is 21.8 Å². The molecule has 2 N–H and O–H groups in total. The molecule has 0 aliphatic heterocycles. The number of hydrogen-bond acceptors (Lipinski definition) is 3. The van der Waals surface area contributed by atoms with Gasteiger partial charge in [-0.25, -0.2) is 9.78 Å². The summed E-state index contributed by atoms with van der Waals surface area (Å²) in [5.41, 5.74) is -0.366. The lowest BCUT2D eigenvalue weighted by Crippen LogP contribution is -2.24. The molecule has 0 saturated heterocycles. The molecule has 1 aromatic rings. The van der Waals surface area contributed by atoms with E-state index in [1.165, 1.54) is 13.2 Å². The topological polar surface area (TPSA) is 74.8 Å². The smallest absolute Gasteiger partial charge is 0.345 e. The van der Waals surface area contributed by atoms with Crippen LogP contribution in [0, 0.1) is 0 Å². The molecule has 0 aromatic carbocycles. The van der Waals surface area contributed by atoms with E-state index in [0.717, 1.165) is 0 Å². The molecule has 0 atom stereocenters. The summed E-state index contributed by atoms with van der Waals surface area (Å²) in [6, 6.07) is 0. The van der Waals surface area contributed by atoms with Gasteiger partial charge in [0.25, 0.3) is 5.91 Å². The van der Waals surface area contributed by atoms with Gasteiger partial charge in [0.2, 0.25) is 0 Å². The summed E-state index contributed by atoms with van der Waals surface area (Å²) in [6.45, 7) is 0. The molecule has 1 rings (SSSR count). The van der Waals surface area contributed by atoms with E-state index in [1.54, 1.807) is 0 Å². The molecule has 1 heterocycles. The highest BCUT2D eigenvalue weighted by molar-refractivity contribution is 9.10. The van der Waals surface area contributed by atoms with Crippen LogP contribution in [-0.4, -0.2) is 22.9 Å².